The van der Waals surface area contributed by atoms with Crippen molar-refractivity contribution in [1.82, 2.24) is 4.57 Å². The number of fused-ring (bicyclic) bond motifs is 1. The van der Waals surface area contributed by atoms with Gasteiger partial charge in [-0.15, -0.1) is 0 Å². The molecule has 0 saturated carbocycles. The van der Waals surface area contributed by atoms with Crippen LogP contribution in [-0.2, 0) is 16.2 Å². The standard InChI is InChI=1S/C27H26ClF2N3O6/c1-15-8-22(39-13-16-4-5-17(29)9-19(16)30)25(28)26(37)33(15)18-6-7-20-21(10-18)32(24(36)12-34)14-31(20)23(35)11-27(2,3)38/h4-10,34,38H,11-14H2,1-3H3. The number of aliphatic hydroxyl groups excluding tert-OH is 1. The van der Waals surface area contributed by atoms with Crippen molar-refractivity contribution in [3.05, 3.63) is 80.7 Å². The van der Waals surface area contributed by atoms with Crippen molar-refractivity contribution in [3.8, 4) is 11.4 Å². The van der Waals surface area contributed by atoms with E-state index in [-0.39, 0.29) is 41.7 Å². The Kier molecular flexibility index (Phi) is 7.78. The van der Waals surface area contributed by atoms with Gasteiger partial charge in [-0.05, 0) is 51.1 Å². The summed E-state index contributed by atoms with van der Waals surface area (Å²) in [5.74, 6) is -2.62. The molecule has 3 aromatic rings. The van der Waals surface area contributed by atoms with Crippen molar-refractivity contribution in [3.63, 3.8) is 0 Å². The molecular formula is C27H26ClF2N3O6. The number of hydrogen-bond acceptors (Lipinski definition) is 6. The van der Waals surface area contributed by atoms with E-state index in [9.17, 15) is 33.4 Å². The zero-order valence-corrected chi connectivity index (χ0v) is 22.1. The van der Waals surface area contributed by atoms with Crippen LogP contribution >= 0.6 is 11.6 Å². The third-order valence-electron chi connectivity index (χ3n) is 6.10. The highest BCUT2D eigenvalue weighted by molar-refractivity contribution is 6.31. The third-order valence-corrected chi connectivity index (χ3v) is 6.45. The van der Waals surface area contributed by atoms with Gasteiger partial charge in [0.15, 0.2) is 0 Å². The van der Waals surface area contributed by atoms with E-state index in [0.717, 1.165) is 12.1 Å². The maximum atomic E-state index is 14.0. The highest BCUT2D eigenvalue weighted by Gasteiger charge is 2.35. The number of nitrogens with zero attached hydrogens (tertiary/aromatic N) is 3. The quantitative estimate of drug-likeness (QED) is 0.457. The minimum absolute atomic E-state index is 0.000719. The Morgan fingerprint density at radius 2 is 1.74 bits per heavy atom. The van der Waals surface area contributed by atoms with Gasteiger partial charge in [0.25, 0.3) is 11.5 Å². The highest BCUT2D eigenvalue weighted by Crippen LogP contribution is 2.39. The van der Waals surface area contributed by atoms with E-state index in [4.69, 9.17) is 16.3 Å². The summed E-state index contributed by atoms with van der Waals surface area (Å²) in [6.07, 6.45) is -0.202. The number of carbonyl (C=O) groups is 2. The molecule has 2 aromatic carbocycles. The summed E-state index contributed by atoms with van der Waals surface area (Å²) >= 11 is 6.31. The van der Waals surface area contributed by atoms with Gasteiger partial charge in [0.1, 0.15) is 42.3 Å². The van der Waals surface area contributed by atoms with Crippen LogP contribution in [0.5, 0.6) is 5.75 Å². The van der Waals surface area contributed by atoms with Gasteiger partial charge in [0, 0.05) is 23.4 Å². The fourth-order valence-electron chi connectivity index (χ4n) is 4.27. The number of aryl methyl sites for hydroxylation is 1. The number of aromatic nitrogens is 1. The summed E-state index contributed by atoms with van der Waals surface area (Å²) in [5, 5.41) is 19.3. The molecule has 1 aliphatic rings. The monoisotopic (exact) mass is 561 g/mol. The first-order chi connectivity index (χ1) is 18.3. The van der Waals surface area contributed by atoms with Crippen molar-refractivity contribution in [2.75, 3.05) is 23.1 Å². The van der Waals surface area contributed by atoms with Gasteiger partial charge in [-0.25, -0.2) is 8.78 Å². The van der Waals surface area contributed by atoms with E-state index in [2.05, 4.69) is 0 Å². The molecular weight excluding hydrogens is 536 g/mol. The largest absolute Gasteiger partial charge is 0.487 e. The molecule has 0 atom stereocenters. The van der Waals surface area contributed by atoms with Crippen molar-refractivity contribution in [1.29, 1.82) is 0 Å². The zero-order valence-electron chi connectivity index (χ0n) is 21.4. The van der Waals surface area contributed by atoms with Crippen LogP contribution in [0.15, 0.2) is 47.3 Å². The minimum atomic E-state index is -1.28. The molecule has 4 rings (SSSR count). The molecule has 2 amide bonds. The third kappa shape index (κ3) is 5.80. The van der Waals surface area contributed by atoms with E-state index in [1.165, 1.54) is 46.4 Å². The van der Waals surface area contributed by atoms with Gasteiger partial charge in [-0.2, -0.15) is 0 Å². The average molecular weight is 562 g/mol. The van der Waals surface area contributed by atoms with Crippen LogP contribution in [0.1, 0.15) is 31.5 Å². The molecule has 0 saturated heterocycles. The first kappa shape index (κ1) is 28.2. The summed E-state index contributed by atoms with van der Waals surface area (Å²) < 4.78 is 34.0. The van der Waals surface area contributed by atoms with Crippen LogP contribution in [0.25, 0.3) is 5.69 Å². The summed E-state index contributed by atoms with van der Waals surface area (Å²) in [7, 11) is 0. The smallest absolute Gasteiger partial charge is 0.277 e. The fourth-order valence-corrected chi connectivity index (χ4v) is 4.46. The number of anilines is 2. The summed E-state index contributed by atoms with van der Waals surface area (Å²) in [5.41, 5.74) is -0.491. The number of rotatable bonds is 7. The maximum Gasteiger partial charge on any atom is 0.277 e. The second-order valence-electron chi connectivity index (χ2n) is 9.73. The maximum absolute atomic E-state index is 14.0. The Morgan fingerprint density at radius 1 is 1.05 bits per heavy atom. The van der Waals surface area contributed by atoms with Crippen LogP contribution in [0.2, 0.25) is 5.02 Å². The lowest BCUT2D eigenvalue weighted by Gasteiger charge is -2.22. The van der Waals surface area contributed by atoms with Crippen molar-refractivity contribution in [2.24, 2.45) is 0 Å². The molecule has 12 heteroatoms. The van der Waals surface area contributed by atoms with Crippen molar-refractivity contribution >= 4 is 34.8 Å². The highest BCUT2D eigenvalue weighted by atomic mass is 35.5. The predicted molar refractivity (Wildman–Crippen MR) is 140 cm³/mol. The Morgan fingerprint density at radius 3 is 2.38 bits per heavy atom. The van der Waals surface area contributed by atoms with Gasteiger partial charge >= 0.3 is 0 Å². The first-order valence-corrected chi connectivity index (χ1v) is 12.3. The van der Waals surface area contributed by atoms with Crippen LogP contribution in [0.4, 0.5) is 20.2 Å². The van der Waals surface area contributed by atoms with E-state index >= 15 is 0 Å². The average Bonchev–Trinajstić information content (AvgIpc) is 3.24. The summed E-state index contributed by atoms with van der Waals surface area (Å²) in [4.78, 5) is 41.1. The fraction of sp³-hybridized carbons (Fsp3) is 0.296. The molecule has 0 aliphatic carbocycles. The Balaban J connectivity index is 1.69. The Hall–Kier alpha value is -3.80. The Labute approximate surface area is 227 Å². The summed E-state index contributed by atoms with van der Waals surface area (Å²) in [6.45, 7) is 3.33. The minimum Gasteiger partial charge on any atom is -0.487 e. The molecule has 1 aromatic heterocycles. The van der Waals surface area contributed by atoms with Gasteiger partial charge in [0.2, 0.25) is 5.91 Å². The van der Waals surface area contributed by atoms with Crippen LogP contribution < -0.4 is 20.1 Å². The first-order valence-electron chi connectivity index (χ1n) is 11.9. The molecule has 0 spiro atoms. The number of ether oxygens (including phenoxy) is 1. The number of benzene rings is 2. The molecule has 1 aliphatic heterocycles. The van der Waals surface area contributed by atoms with Gasteiger partial charge < -0.3 is 14.9 Å². The van der Waals surface area contributed by atoms with Crippen molar-refractivity contribution in [2.45, 2.75) is 39.4 Å². The number of pyridine rings is 1. The van der Waals surface area contributed by atoms with Gasteiger partial charge in [-0.1, -0.05) is 11.6 Å². The zero-order chi connectivity index (χ0) is 28.6. The van der Waals surface area contributed by atoms with E-state index in [1.54, 1.807) is 19.1 Å². The van der Waals surface area contributed by atoms with E-state index in [0.29, 0.717) is 17.1 Å². The number of halogens is 3. The van der Waals surface area contributed by atoms with E-state index < -0.39 is 41.2 Å². The molecule has 9 nitrogen and oxygen atoms in total. The Bertz CT molecular complexity index is 1520. The molecule has 39 heavy (non-hydrogen) atoms. The molecule has 206 valence electrons. The van der Waals surface area contributed by atoms with Crippen LogP contribution in [0.3, 0.4) is 0 Å². The van der Waals surface area contributed by atoms with Gasteiger partial charge in [0.05, 0.1) is 29.1 Å². The lowest BCUT2D eigenvalue weighted by atomic mass is 10.0. The van der Waals surface area contributed by atoms with Crippen LogP contribution in [0, 0.1) is 18.6 Å². The lowest BCUT2D eigenvalue weighted by molar-refractivity contribution is -0.122. The molecule has 0 bridgehead atoms. The molecule has 2 heterocycles. The number of amides is 2. The molecule has 2 N–H and O–H groups in total. The second-order valence-corrected chi connectivity index (χ2v) is 10.1. The topological polar surface area (TPSA) is 112 Å². The second kappa shape index (κ2) is 10.8. The number of carbonyl (C=O) groups excluding carboxylic acids is 2. The summed E-state index contributed by atoms with van der Waals surface area (Å²) in [6, 6.07) is 9.15. The lowest BCUT2D eigenvalue weighted by Crippen LogP contribution is -2.41. The SMILES string of the molecule is Cc1cc(OCc2ccc(F)cc2F)c(Cl)c(=O)n1-c1ccc2c(c1)N(C(=O)CO)CN2C(=O)CC(C)(C)O. The molecule has 0 fully saturated rings. The van der Waals surface area contributed by atoms with Crippen molar-refractivity contribution < 1.29 is 33.3 Å². The normalized spacial score (nSPS) is 13.0. The molecule has 0 radical (unpaired) electrons. The van der Waals surface area contributed by atoms with Crippen LogP contribution in [-0.4, -0.2) is 45.5 Å². The predicted octanol–water partition coefficient (Wildman–Crippen LogP) is 3.45. The van der Waals surface area contributed by atoms with E-state index in [1.807, 2.05) is 0 Å². The van der Waals surface area contributed by atoms with Gasteiger partial charge in [-0.3, -0.25) is 28.8 Å². The number of aliphatic hydroxyl groups is 2. The molecule has 0 unspecified atom stereocenters. The number of hydrogen-bond donors (Lipinski definition) is 2.